The molecule has 1 amide bonds. The number of hydrazone groups is 1. The second-order valence-corrected chi connectivity index (χ2v) is 4.71. The molecular formula is C14H15ClN2O. The molecule has 0 saturated heterocycles. The first kappa shape index (κ1) is 12.8. The van der Waals surface area contributed by atoms with Gasteiger partial charge in [-0.15, -0.1) is 0 Å². The van der Waals surface area contributed by atoms with E-state index in [0.29, 0.717) is 16.5 Å². The van der Waals surface area contributed by atoms with E-state index in [9.17, 15) is 4.79 Å². The highest BCUT2D eigenvalue weighted by atomic mass is 35.5. The van der Waals surface area contributed by atoms with Crippen LogP contribution in [0.15, 0.2) is 41.5 Å². The zero-order chi connectivity index (χ0) is 12.8. The molecule has 1 atom stereocenters. The molecule has 0 bridgehead atoms. The van der Waals surface area contributed by atoms with Crippen LogP contribution in [0, 0.1) is 5.92 Å². The molecule has 4 heteroatoms. The monoisotopic (exact) mass is 262 g/mol. The molecule has 0 fully saturated rings. The third kappa shape index (κ3) is 3.70. The van der Waals surface area contributed by atoms with Crippen LogP contribution in [0.3, 0.4) is 0 Å². The topological polar surface area (TPSA) is 41.5 Å². The van der Waals surface area contributed by atoms with Crippen molar-refractivity contribution in [2.24, 2.45) is 11.0 Å². The fourth-order valence-corrected chi connectivity index (χ4v) is 2.04. The van der Waals surface area contributed by atoms with Crippen LogP contribution in [-0.2, 0) is 0 Å². The molecule has 0 aromatic heterocycles. The van der Waals surface area contributed by atoms with E-state index in [1.165, 1.54) is 0 Å². The minimum absolute atomic E-state index is 0.236. The van der Waals surface area contributed by atoms with Crippen molar-refractivity contribution in [2.45, 2.75) is 19.3 Å². The normalized spacial score (nSPS) is 19.1. The van der Waals surface area contributed by atoms with Crippen LogP contribution in [0.2, 0.25) is 5.02 Å². The first-order valence-corrected chi connectivity index (χ1v) is 6.37. The molecule has 0 aliphatic heterocycles. The molecule has 0 saturated carbocycles. The van der Waals surface area contributed by atoms with Crippen molar-refractivity contribution in [2.75, 3.05) is 0 Å². The van der Waals surface area contributed by atoms with Crippen molar-refractivity contribution in [3.63, 3.8) is 0 Å². The van der Waals surface area contributed by atoms with E-state index in [1.807, 2.05) is 6.21 Å². The lowest BCUT2D eigenvalue weighted by atomic mass is 9.96. The van der Waals surface area contributed by atoms with Gasteiger partial charge in [-0.3, -0.25) is 4.79 Å². The second kappa shape index (κ2) is 6.36. The van der Waals surface area contributed by atoms with Gasteiger partial charge in [-0.05, 0) is 43.4 Å². The van der Waals surface area contributed by atoms with E-state index >= 15 is 0 Å². The lowest BCUT2D eigenvalue weighted by molar-refractivity contribution is 0.0955. The van der Waals surface area contributed by atoms with Gasteiger partial charge >= 0.3 is 0 Å². The third-order valence-corrected chi connectivity index (χ3v) is 3.08. The number of halogens is 1. The molecule has 1 aromatic carbocycles. The predicted octanol–water partition coefficient (Wildman–Crippen LogP) is 3.41. The van der Waals surface area contributed by atoms with Gasteiger partial charge in [0.05, 0.1) is 0 Å². The number of allylic oxidation sites excluding steroid dienone is 2. The Kier molecular flexibility index (Phi) is 4.53. The molecule has 1 N–H and O–H groups in total. The van der Waals surface area contributed by atoms with Crippen LogP contribution in [0.1, 0.15) is 29.6 Å². The van der Waals surface area contributed by atoms with Gasteiger partial charge in [0.25, 0.3) is 5.91 Å². The molecule has 2 rings (SSSR count). The van der Waals surface area contributed by atoms with Crippen molar-refractivity contribution in [1.82, 2.24) is 5.43 Å². The summed E-state index contributed by atoms with van der Waals surface area (Å²) in [4.78, 5) is 11.7. The smallest absolute Gasteiger partial charge is 0.267 e. The van der Waals surface area contributed by atoms with Crippen molar-refractivity contribution in [3.05, 3.63) is 47.0 Å². The first-order chi connectivity index (χ1) is 8.75. The molecule has 1 unspecified atom stereocenters. The number of benzene rings is 1. The number of amides is 1. The van der Waals surface area contributed by atoms with Gasteiger partial charge in [0.15, 0.2) is 0 Å². The van der Waals surface area contributed by atoms with Crippen molar-refractivity contribution in [3.8, 4) is 0 Å². The molecule has 0 spiro atoms. The molecular weight excluding hydrogens is 248 g/mol. The first-order valence-electron chi connectivity index (χ1n) is 6.00. The summed E-state index contributed by atoms with van der Waals surface area (Å²) >= 11 is 5.82. The molecule has 94 valence electrons. The maximum absolute atomic E-state index is 11.7. The van der Waals surface area contributed by atoms with Crippen LogP contribution < -0.4 is 5.43 Å². The molecule has 3 nitrogen and oxygen atoms in total. The van der Waals surface area contributed by atoms with Crippen LogP contribution in [0.25, 0.3) is 0 Å². The van der Waals surface area contributed by atoms with Gasteiger partial charge in [-0.1, -0.05) is 29.8 Å². The summed E-state index contributed by atoms with van der Waals surface area (Å²) in [5.41, 5.74) is 3.04. The van der Waals surface area contributed by atoms with E-state index in [4.69, 9.17) is 11.6 Å². The minimum atomic E-state index is -0.236. The van der Waals surface area contributed by atoms with Crippen molar-refractivity contribution >= 4 is 23.7 Å². The van der Waals surface area contributed by atoms with Crippen LogP contribution >= 0.6 is 11.6 Å². The summed E-state index contributed by atoms with van der Waals surface area (Å²) in [7, 11) is 0. The highest BCUT2D eigenvalue weighted by molar-refractivity contribution is 6.30. The zero-order valence-electron chi connectivity index (χ0n) is 9.97. The Morgan fingerprint density at radius 2 is 2.33 bits per heavy atom. The van der Waals surface area contributed by atoms with Gasteiger partial charge in [-0.25, -0.2) is 5.43 Å². The van der Waals surface area contributed by atoms with E-state index < -0.39 is 0 Å². The van der Waals surface area contributed by atoms with Gasteiger partial charge in [0.1, 0.15) is 0 Å². The summed E-state index contributed by atoms with van der Waals surface area (Å²) in [5, 5.41) is 4.54. The van der Waals surface area contributed by atoms with Crippen LogP contribution in [0.4, 0.5) is 0 Å². The Morgan fingerprint density at radius 1 is 1.44 bits per heavy atom. The molecule has 1 aliphatic carbocycles. The number of hydrogen-bond acceptors (Lipinski definition) is 2. The van der Waals surface area contributed by atoms with Crippen LogP contribution in [-0.4, -0.2) is 12.1 Å². The molecule has 1 aromatic rings. The lowest BCUT2D eigenvalue weighted by Gasteiger charge is -2.11. The third-order valence-electron chi connectivity index (χ3n) is 2.85. The van der Waals surface area contributed by atoms with E-state index in [1.54, 1.807) is 24.3 Å². The molecule has 0 radical (unpaired) electrons. The van der Waals surface area contributed by atoms with Crippen molar-refractivity contribution in [1.29, 1.82) is 0 Å². The molecule has 18 heavy (non-hydrogen) atoms. The summed E-state index contributed by atoms with van der Waals surface area (Å²) in [5.74, 6) is 0.190. The summed E-state index contributed by atoms with van der Waals surface area (Å²) in [6, 6.07) is 6.80. The Labute approximate surface area is 112 Å². The maximum atomic E-state index is 11.7. The number of hydrogen-bond donors (Lipinski definition) is 1. The summed E-state index contributed by atoms with van der Waals surface area (Å²) in [6.45, 7) is 0. The van der Waals surface area contributed by atoms with E-state index in [0.717, 1.165) is 19.3 Å². The molecule has 1 aliphatic rings. The number of rotatable bonds is 3. The van der Waals surface area contributed by atoms with Gasteiger partial charge < -0.3 is 0 Å². The highest BCUT2D eigenvalue weighted by Gasteiger charge is 2.07. The van der Waals surface area contributed by atoms with E-state index in [-0.39, 0.29) is 5.91 Å². The molecule has 0 heterocycles. The highest BCUT2D eigenvalue weighted by Crippen LogP contribution is 2.15. The number of carbonyl (C=O) groups is 1. The Bertz CT molecular complexity index is 482. The van der Waals surface area contributed by atoms with E-state index in [2.05, 4.69) is 22.7 Å². The largest absolute Gasteiger partial charge is 0.271 e. The SMILES string of the molecule is O=C(N/N=C/C1CC=CCC1)c1cccc(Cl)c1. The number of nitrogens with one attached hydrogen (secondary N) is 1. The lowest BCUT2D eigenvalue weighted by Crippen LogP contribution is -2.18. The fourth-order valence-electron chi connectivity index (χ4n) is 1.85. The Hall–Kier alpha value is -1.61. The zero-order valence-corrected chi connectivity index (χ0v) is 10.7. The Morgan fingerprint density at radius 3 is 3.06 bits per heavy atom. The number of carbonyl (C=O) groups excluding carboxylic acids is 1. The van der Waals surface area contributed by atoms with Gasteiger partial charge in [-0.2, -0.15) is 5.10 Å². The fraction of sp³-hybridized carbons (Fsp3) is 0.286. The summed E-state index contributed by atoms with van der Waals surface area (Å²) in [6.07, 6.45) is 9.31. The second-order valence-electron chi connectivity index (χ2n) is 4.27. The predicted molar refractivity (Wildman–Crippen MR) is 73.9 cm³/mol. The maximum Gasteiger partial charge on any atom is 0.271 e. The van der Waals surface area contributed by atoms with Gasteiger partial charge in [0.2, 0.25) is 0 Å². The quantitative estimate of drug-likeness (QED) is 0.506. The van der Waals surface area contributed by atoms with Crippen LogP contribution in [0.5, 0.6) is 0 Å². The number of nitrogens with zero attached hydrogens (tertiary/aromatic N) is 1. The average molecular weight is 263 g/mol. The standard InChI is InChI=1S/C14H15ClN2O/c15-13-8-4-7-12(9-13)14(18)17-16-10-11-5-2-1-3-6-11/h1-2,4,7-11H,3,5-6H2,(H,17,18)/b16-10+. The Balaban J connectivity index is 1.88. The van der Waals surface area contributed by atoms with Crippen molar-refractivity contribution < 1.29 is 4.79 Å². The average Bonchev–Trinajstić information content (AvgIpc) is 2.40. The van der Waals surface area contributed by atoms with Gasteiger partial charge in [0, 0.05) is 16.8 Å². The minimum Gasteiger partial charge on any atom is -0.267 e. The summed E-state index contributed by atoms with van der Waals surface area (Å²) < 4.78 is 0.